The van der Waals surface area contributed by atoms with Gasteiger partial charge < -0.3 is 10.2 Å². The molecule has 0 atom stereocenters. The number of halogens is 1. The van der Waals surface area contributed by atoms with Gasteiger partial charge in [0, 0.05) is 5.56 Å². The Morgan fingerprint density at radius 1 is 1.33 bits per heavy atom. The van der Waals surface area contributed by atoms with Crippen molar-refractivity contribution in [1.29, 1.82) is 0 Å². The molecule has 15 heavy (non-hydrogen) atoms. The molecule has 3 nitrogen and oxygen atoms in total. The molecule has 0 spiro atoms. The summed E-state index contributed by atoms with van der Waals surface area (Å²) in [6, 6.07) is 6.00. The third-order valence-corrected chi connectivity index (χ3v) is 2.17. The summed E-state index contributed by atoms with van der Waals surface area (Å²) in [5.74, 6) is 0.864. The monoisotopic (exact) mass is 206 g/mol. The minimum atomic E-state index is -0.277. The van der Waals surface area contributed by atoms with E-state index in [0.717, 1.165) is 11.3 Å². The smallest absolute Gasteiger partial charge is 0.226 e. The van der Waals surface area contributed by atoms with E-state index in [-0.39, 0.29) is 5.82 Å². The van der Waals surface area contributed by atoms with Crippen molar-refractivity contribution in [2.24, 2.45) is 5.73 Å². The first-order chi connectivity index (χ1) is 7.20. The van der Waals surface area contributed by atoms with Crippen molar-refractivity contribution < 1.29 is 8.81 Å². The molecule has 0 amide bonds. The second-order valence-electron chi connectivity index (χ2n) is 3.24. The van der Waals surface area contributed by atoms with Gasteiger partial charge in [0.05, 0.1) is 12.2 Å². The minimum Gasteiger partial charge on any atom is -0.440 e. The van der Waals surface area contributed by atoms with Gasteiger partial charge in [-0.2, -0.15) is 0 Å². The van der Waals surface area contributed by atoms with Crippen LogP contribution in [0.1, 0.15) is 11.5 Å². The van der Waals surface area contributed by atoms with Gasteiger partial charge in [-0.1, -0.05) is 0 Å². The molecule has 0 saturated carbocycles. The Bertz CT molecular complexity index is 462. The summed E-state index contributed by atoms with van der Waals surface area (Å²) >= 11 is 0. The summed E-state index contributed by atoms with van der Waals surface area (Å²) in [6.45, 7) is 2.15. The summed E-state index contributed by atoms with van der Waals surface area (Å²) in [6.07, 6.45) is 0. The van der Waals surface area contributed by atoms with E-state index in [1.807, 2.05) is 6.92 Å². The topological polar surface area (TPSA) is 52.0 Å². The molecule has 1 heterocycles. The highest BCUT2D eigenvalue weighted by atomic mass is 19.1. The number of rotatable bonds is 2. The number of hydrogen-bond acceptors (Lipinski definition) is 3. The molecule has 0 fully saturated rings. The lowest BCUT2D eigenvalue weighted by atomic mass is 10.2. The van der Waals surface area contributed by atoms with Crippen LogP contribution in [-0.2, 0) is 6.54 Å². The maximum atomic E-state index is 12.7. The van der Waals surface area contributed by atoms with Crippen LogP contribution in [0.2, 0.25) is 0 Å². The van der Waals surface area contributed by atoms with Crippen molar-refractivity contribution in [2.75, 3.05) is 0 Å². The fourth-order valence-corrected chi connectivity index (χ4v) is 1.33. The van der Waals surface area contributed by atoms with Crippen LogP contribution in [0.5, 0.6) is 0 Å². The predicted octanol–water partition coefficient (Wildman–Crippen LogP) is 2.25. The summed E-state index contributed by atoms with van der Waals surface area (Å²) in [5, 5.41) is 0. The fraction of sp³-hybridized carbons (Fsp3) is 0.182. The van der Waals surface area contributed by atoms with Gasteiger partial charge in [-0.15, -0.1) is 0 Å². The Morgan fingerprint density at radius 2 is 2.00 bits per heavy atom. The highest BCUT2D eigenvalue weighted by molar-refractivity contribution is 5.53. The molecule has 2 aromatic rings. The van der Waals surface area contributed by atoms with Crippen LogP contribution in [0.25, 0.3) is 11.5 Å². The average Bonchev–Trinajstić information content (AvgIpc) is 2.61. The SMILES string of the molecule is Cc1nc(-c2ccc(F)cc2)oc1CN. The van der Waals surface area contributed by atoms with E-state index in [4.69, 9.17) is 10.2 Å². The second kappa shape index (κ2) is 3.82. The lowest BCUT2D eigenvalue weighted by molar-refractivity contribution is 0.518. The van der Waals surface area contributed by atoms with Crippen LogP contribution in [0.15, 0.2) is 28.7 Å². The molecular formula is C11H11FN2O. The van der Waals surface area contributed by atoms with E-state index in [1.165, 1.54) is 12.1 Å². The molecule has 0 radical (unpaired) electrons. The van der Waals surface area contributed by atoms with E-state index in [0.29, 0.717) is 18.2 Å². The summed E-state index contributed by atoms with van der Waals surface area (Å²) < 4.78 is 18.1. The zero-order valence-electron chi connectivity index (χ0n) is 8.33. The number of aromatic nitrogens is 1. The first kappa shape index (κ1) is 9.86. The second-order valence-corrected chi connectivity index (χ2v) is 3.24. The van der Waals surface area contributed by atoms with Gasteiger partial charge in [0.15, 0.2) is 0 Å². The van der Waals surface area contributed by atoms with E-state index >= 15 is 0 Å². The van der Waals surface area contributed by atoms with Crippen LogP contribution in [0, 0.1) is 12.7 Å². The molecule has 0 aliphatic heterocycles. The van der Waals surface area contributed by atoms with Crippen molar-refractivity contribution in [1.82, 2.24) is 4.98 Å². The van der Waals surface area contributed by atoms with E-state index in [1.54, 1.807) is 12.1 Å². The standard InChI is InChI=1S/C11H11FN2O/c1-7-10(6-13)15-11(14-7)8-2-4-9(12)5-3-8/h2-5H,6,13H2,1H3. The van der Waals surface area contributed by atoms with Crippen molar-refractivity contribution in [3.05, 3.63) is 41.5 Å². The molecule has 0 bridgehead atoms. The molecule has 0 aliphatic rings. The number of hydrogen-bond donors (Lipinski definition) is 1. The average molecular weight is 206 g/mol. The maximum absolute atomic E-state index is 12.7. The molecule has 0 aliphatic carbocycles. The summed E-state index contributed by atoms with van der Waals surface area (Å²) in [7, 11) is 0. The number of benzene rings is 1. The predicted molar refractivity (Wildman–Crippen MR) is 54.5 cm³/mol. The minimum absolute atomic E-state index is 0.277. The van der Waals surface area contributed by atoms with Gasteiger partial charge in [0.2, 0.25) is 5.89 Å². The third-order valence-electron chi connectivity index (χ3n) is 2.17. The van der Waals surface area contributed by atoms with Crippen LogP contribution >= 0.6 is 0 Å². The largest absolute Gasteiger partial charge is 0.440 e. The molecule has 78 valence electrons. The van der Waals surface area contributed by atoms with Gasteiger partial charge in [-0.3, -0.25) is 0 Å². The van der Waals surface area contributed by atoms with Gasteiger partial charge in [-0.25, -0.2) is 9.37 Å². The first-order valence-corrected chi connectivity index (χ1v) is 4.63. The van der Waals surface area contributed by atoms with Crippen LogP contribution in [-0.4, -0.2) is 4.98 Å². The van der Waals surface area contributed by atoms with Gasteiger partial charge in [-0.05, 0) is 31.2 Å². The summed E-state index contributed by atoms with van der Waals surface area (Å²) in [4.78, 5) is 4.21. The molecular weight excluding hydrogens is 195 g/mol. The zero-order chi connectivity index (χ0) is 10.8. The molecule has 1 aromatic carbocycles. The van der Waals surface area contributed by atoms with E-state index in [9.17, 15) is 4.39 Å². The van der Waals surface area contributed by atoms with Crippen molar-refractivity contribution in [3.8, 4) is 11.5 Å². The van der Waals surface area contributed by atoms with E-state index in [2.05, 4.69) is 4.98 Å². The van der Waals surface area contributed by atoms with Crippen LogP contribution in [0.3, 0.4) is 0 Å². The lowest BCUT2D eigenvalue weighted by Crippen LogP contribution is -1.95. The van der Waals surface area contributed by atoms with Crippen molar-refractivity contribution >= 4 is 0 Å². The molecule has 2 N–H and O–H groups in total. The number of aryl methyl sites for hydroxylation is 1. The highest BCUT2D eigenvalue weighted by Crippen LogP contribution is 2.21. The Kier molecular flexibility index (Phi) is 2.51. The van der Waals surface area contributed by atoms with E-state index < -0.39 is 0 Å². The highest BCUT2D eigenvalue weighted by Gasteiger charge is 2.09. The van der Waals surface area contributed by atoms with Gasteiger partial charge in [0.1, 0.15) is 11.6 Å². The van der Waals surface area contributed by atoms with Crippen LogP contribution in [0.4, 0.5) is 4.39 Å². The third kappa shape index (κ3) is 1.89. The van der Waals surface area contributed by atoms with Crippen molar-refractivity contribution in [3.63, 3.8) is 0 Å². The van der Waals surface area contributed by atoms with Crippen molar-refractivity contribution in [2.45, 2.75) is 13.5 Å². The molecule has 1 aromatic heterocycles. The Labute approximate surface area is 86.7 Å². The molecule has 0 saturated heterocycles. The molecule has 0 unspecified atom stereocenters. The quantitative estimate of drug-likeness (QED) is 0.819. The maximum Gasteiger partial charge on any atom is 0.226 e. The lowest BCUT2D eigenvalue weighted by Gasteiger charge is -1.94. The first-order valence-electron chi connectivity index (χ1n) is 4.63. The Morgan fingerprint density at radius 3 is 2.53 bits per heavy atom. The zero-order valence-corrected chi connectivity index (χ0v) is 8.33. The Hall–Kier alpha value is -1.68. The molecule has 4 heteroatoms. The van der Waals surface area contributed by atoms with Crippen LogP contribution < -0.4 is 5.73 Å². The normalized spacial score (nSPS) is 10.6. The fourth-order valence-electron chi connectivity index (χ4n) is 1.33. The van der Waals surface area contributed by atoms with Gasteiger partial charge >= 0.3 is 0 Å². The number of nitrogens with zero attached hydrogens (tertiary/aromatic N) is 1. The molecule has 2 rings (SSSR count). The van der Waals surface area contributed by atoms with Gasteiger partial charge in [0.25, 0.3) is 0 Å². The Balaban J connectivity index is 2.41. The summed E-state index contributed by atoms with van der Waals surface area (Å²) in [5.41, 5.74) is 7.00. The number of nitrogens with two attached hydrogens (primary N) is 1. The number of oxazole rings is 1.